The Bertz CT molecular complexity index is 1520. The molecule has 1 amide bonds. The first-order valence-electron chi connectivity index (χ1n) is 10.5. The monoisotopic (exact) mass is 469 g/mol. The Morgan fingerprint density at radius 2 is 1.68 bits per heavy atom. The number of hydrogen-bond acceptors (Lipinski definition) is 7. The van der Waals surface area contributed by atoms with Crippen molar-refractivity contribution in [3.8, 4) is 0 Å². The maximum atomic E-state index is 13.4. The Kier molecular flexibility index (Phi) is 5.97. The lowest BCUT2D eigenvalue weighted by Crippen LogP contribution is -2.16. The summed E-state index contributed by atoms with van der Waals surface area (Å²) in [5.41, 5.74) is 1.94. The van der Waals surface area contributed by atoms with Crippen molar-refractivity contribution in [1.82, 2.24) is 9.97 Å². The highest BCUT2D eigenvalue weighted by Crippen LogP contribution is 2.32. The van der Waals surface area contributed by atoms with Gasteiger partial charge in [0.2, 0.25) is 0 Å². The molecule has 34 heavy (non-hydrogen) atoms. The number of methoxy groups -OCH3 is 1. The van der Waals surface area contributed by atoms with E-state index in [2.05, 4.69) is 15.3 Å². The number of furan rings is 1. The van der Waals surface area contributed by atoms with Crippen LogP contribution in [0.2, 0.25) is 0 Å². The molecule has 0 aliphatic carbocycles. The van der Waals surface area contributed by atoms with E-state index in [4.69, 9.17) is 9.15 Å². The van der Waals surface area contributed by atoms with Crippen LogP contribution in [0.15, 0.2) is 88.7 Å². The average Bonchev–Trinajstić information content (AvgIpc) is 3.26. The molecule has 0 aliphatic rings. The zero-order valence-electron chi connectivity index (χ0n) is 18.1. The maximum Gasteiger partial charge on any atom is 0.339 e. The molecule has 168 valence electrons. The van der Waals surface area contributed by atoms with Crippen LogP contribution in [0.5, 0.6) is 0 Å². The zero-order chi connectivity index (χ0) is 23.5. The first-order valence-corrected chi connectivity index (χ1v) is 11.5. The van der Waals surface area contributed by atoms with Crippen molar-refractivity contribution in [3.63, 3.8) is 0 Å². The number of ether oxygens (including phenoxy) is 1. The molecule has 5 aromatic rings. The third-order valence-electron chi connectivity index (χ3n) is 5.33. The van der Waals surface area contributed by atoms with Crippen LogP contribution in [0.1, 0.15) is 26.5 Å². The number of anilines is 1. The molecule has 0 atom stereocenters. The predicted octanol–water partition coefficient (Wildman–Crippen LogP) is 5.71. The summed E-state index contributed by atoms with van der Waals surface area (Å²) in [6.07, 6.45) is 3.34. The van der Waals surface area contributed by atoms with E-state index in [-0.39, 0.29) is 11.3 Å². The summed E-state index contributed by atoms with van der Waals surface area (Å²) >= 11 is 1.41. The molecule has 0 unspecified atom stereocenters. The quantitative estimate of drug-likeness (QED) is 0.193. The van der Waals surface area contributed by atoms with Crippen LogP contribution in [0.4, 0.5) is 5.69 Å². The van der Waals surface area contributed by atoms with E-state index in [1.807, 2.05) is 48.5 Å². The molecule has 2 aromatic heterocycles. The Balaban J connectivity index is 1.53. The fourth-order valence-corrected chi connectivity index (χ4v) is 4.55. The lowest BCUT2D eigenvalue weighted by atomic mass is 10.0. The van der Waals surface area contributed by atoms with Crippen molar-refractivity contribution in [3.05, 3.63) is 96.0 Å². The van der Waals surface area contributed by atoms with Crippen LogP contribution < -0.4 is 5.32 Å². The van der Waals surface area contributed by atoms with Crippen LogP contribution in [0.25, 0.3) is 21.7 Å². The van der Waals surface area contributed by atoms with Crippen LogP contribution >= 0.6 is 11.8 Å². The fraction of sp³-hybridized carbons (Fsp3) is 0.0769. The molecule has 0 saturated carbocycles. The molecule has 2 heterocycles. The number of esters is 1. The van der Waals surface area contributed by atoms with Crippen molar-refractivity contribution < 1.29 is 18.7 Å². The molecule has 0 spiro atoms. The molecule has 3 aromatic carbocycles. The normalized spacial score (nSPS) is 11.0. The lowest BCUT2D eigenvalue weighted by molar-refractivity contribution is 0.0602. The van der Waals surface area contributed by atoms with Gasteiger partial charge in [-0.2, -0.15) is 0 Å². The Morgan fingerprint density at radius 1 is 0.971 bits per heavy atom. The van der Waals surface area contributed by atoms with E-state index in [0.29, 0.717) is 22.2 Å². The van der Waals surface area contributed by atoms with Crippen LogP contribution in [-0.4, -0.2) is 29.0 Å². The Hall–Kier alpha value is -4.17. The molecule has 7 nitrogen and oxygen atoms in total. The Labute approximate surface area is 199 Å². The largest absolute Gasteiger partial charge is 0.465 e. The topological polar surface area (TPSA) is 94.3 Å². The van der Waals surface area contributed by atoms with Crippen molar-refractivity contribution >= 4 is 51.1 Å². The van der Waals surface area contributed by atoms with Gasteiger partial charge in [-0.15, -0.1) is 0 Å². The highest BCUT2D eigenvalue weighted by atomic mass is 32.2. The minimum Gasteiger partial charge on any atom is -0.465 e. The number of rotatable bonds is 6. The molecule has 5 rings (SSSR count). The molecule has 0 saturated heterocycles. The fourth-order valence-electron chi connectivity index (χ4n) is 3.72. The number of fused-ring (bicyclic) bond motifs is 2. The minimum atomic E-state index is -0.539. The van der Waals surface area contributed by atoms with Crippen molar-refractivity contribution in [1.29, 1.82) is 0 Å². The first kappa shape index (κ1) is 21.7. The van der Waals surface area contributed by atoms with Crippen LogP contribution in [-0.2, 0) is 10.5 Å². The summed E-state index contributed by atoms with van der Waals surface area (Å²) in [6, 6.07) is 20.3. The number of hydrogen-bond donors (Lipinski definition) is 1. The van der Waals surface area contributed by atoms with Crippen LogP contribution in [0, 0.1) is 0 Å². The van der Waals surface area contributed by atoms with Gasteiger partial charge in [-0.05, 0) is 35.0 Å². The van der Waals surface area contributed by atoms with Gasteiger partial charge in [0.05, 0.1) is 18.4 Å². The van der Waals surface area contributed by atoms with Crippen molar-refractivity contribution in [2.24, 2.45) is 0 Å². The van der Waals surface area contributed by atoms with E-state index >= 15 is 0 Å². The second kappa shape index (κ2) is 9.36. The lowest BCUT2D eigenvalue weighted by Gasteiger charge is -2.11. The third kappa shape index (κ3) is 4.23. The number of benzene rings is 3. The number of amides is 1. The van der Waals surface area contributed by atoms with Gasteiger partial charge in [0.15, 0.2) is 10.9 Å². The number of carbonyl (C=O) groups excluding carboxylic acids is 2. The summed E-state index contributed by atoms with van der Waals surface area (Å²) < 4.78 is 10.9. The SMILES string of the molecule is COC(=O)c1cc2ccccc2cc1NC(=O)c1oc2ccccc2c1CSc1ncccn1. The molecular weight excluding hydrogens is 450 g/mol. The van der Waals surface area contributed by atoms with Gasteiger partial charge in [-0.1, -0.05) is 54.2 Å². The minimum absolute atomic E-state index is 0.175. The number of nitrogens with one attached hydrogen (secondary N) is 1. The molecule has 0 aliphatic heterocycles. The predicted molar refractivity (Wildman–Crippen MR) is 131 cm³/mol. The summed E-state index contributed by atoms with van der Waals surface area (Å²) in [7, 11) is 1.31. The molecule has 8 heteroatoms. The molecule has 0 fully saturated rings. The number of carbonyl (C=O) groups is 2. The summed E-state index contributed by atoms with van der Waals surface area (Å²) in [5, 5.41) is 6.04. The molecule has 0 radical (unpaired) electrons. The molecule has 1 N–H and O–H groups in total. The van der Waals surface area contributed by atoms with Crippen molar-refractivity contribution in [2.75, 3.05) is 12.4 Å². The first-order chi connectivity index (χ1) is 16.6. The van der Waals surface area contributed by atoms with Gasteiger partial charge in [-0.25, -0.2) is 14.8 Å². The average molecular weight is 470 g/mol. The number of nitrogens with zero attached hydrogens (tertiary/aromatic N) is 2. The summed E-state index contributed by atoms with van der Waals surface area (Å²) in [5.74, 6) is -0.386. The van der Waals surface area contributed by atoms with E-state index < -0.39 is 11.9 Å². The third-order valence-corrected chi connectivity index (χ3v) is 6.23. The highest BCUT2D eigenvalue weighted by Gasteiger charge is 2.23. The number of thioether (sulfide) groups is 1. The smallest absolute Gasteiger partial charge is 0.339 e. The van der Waals surface area contributed by atoms with Gasteiger partial charge in [-0.3, -0.25) is 4.79 Å². The van der Waals surface area contributed by atoms with Gasteiger partial charge < -0.3 is 14.5 Å². The maximum absolute atomic E-state index is 13.4. The van der Waals surface area contributed by atoms with E-state index in [0.717, 1.165) is 21.7 Å². The van der Waals surface area contributed by atoms with E-state index in [1.54, 1.807) is 30.6 Å². The molecular formula is C26H19N3O4S. The second-order valence-corrected chi connectivity index (χ2v) is 8.36. The van der Waals surface area contributed by atoms with Crippen LogP contribution in [0.3, 0.4) is 0 Å². The van der Waals surface area contributed by atoms with E-state index in [9.17, 15) is 9.59 Å². The van der Waals surface area contributed by atoms with E-state index in [1.165, 1.54) is 18.9 Å². The van der Waals surface area contributed by atoms with Crippen molar-refractivity contribution in [2.45, 2.75) is 10.9 Å². The number of aromatic nitrogens is 2. The standard InChI is InChI=1S/C26H19N3O4S/c1-32-25(31)19-13-16-7-2-3-8-17(16)14-21(19)29-24(30)23-20(15-34-26-27-11-6-12-28-26)18-9-4-5-10-22(18)33-23/h2-14H,15H2,1H3,(H,29,30). The van der Waals surface area contributed by atoms with Gasteiger partial charge >= 0.3 is 5.97 Å². The second-order valence-electron chi connectivity index (χ2n) is 7.42. The summed E-state index contributed by atoms with van der Waals surface area (Å²) in [4.78, 5) is 34.3. The van der Waals surface area contributed by atoms with Gasteiger partial charge in [0.1, 0.15) is 5.58 Å². The highest BCUT2D eigenvalue weighted by molar-refractivity contribution is 7.98. The van der Waals surface area contributed by atoms with Gasteiger partial charge in [0, 0.05) is 29.1 Å². The summed E-state index contributed by atoms with van der Waals surface area (Å²) in [6.45, 7) is 0. The number of para-hydroxylation sites is 1. The Morgan fingerprint density at radius 3 is 2.44 bits per heavy atom. The zero-order valence-corrected chi connectivity index (χ0v) is 19.0. The molecule has 0 bridgehead atoms. The van der Waals surface area contributed by atoms with Gasteiger partial charge in [0.25, 0.3) is 5.91 Å².